The zero-order chi connectivity index (χ0) is 17.9. The van der Waals surface area contributed by atoms with Gasteiger partial charge < -0.3 is 10.2 Å². The summed E-state index contributed by atoms with van der Waals surface area (Å²) < 4.78 is 0. The molecule has 2 aliphatic heterocycles. The Kier molecular flexibility index (Phi) is 5.01. The van der Waals surface area contributed by atoms with E-state index in [1.165, 1.54) is 6.42 Å². The average Bonchev–Trinajstić information content (AvgIpc) is 2.79. The van der Waals surface area contributed by atoms with E-state index in [2.05, 4.69) is 10.3 Å². The molecule has 7 heteroatoms. The van der Waals surface area contributed by atoms with Crippen molar-refractivity contribution in [1.29, 1.82) is 0 Å². The van der Waals surface area contributed by atoms with Crippen LogP contribution in [0.5, 0.6) is 0 Å². The molecule has 0 unspecified atom stereocenters. The Morgan fingerprint density at radius 3 is 2.48 bits per heavy atom. The SMILES string of the molecule is C[C@@]1(c2ccccn2)NC(=O)N(CC(=O)N2CCCCCCC2)C1=O. The Morgan fingerprint density at radius 2 is 1.84 bits per heavy atom. The van der Waals surface area contributed by atoms with E-state index in [1.807, 2.05) is 0 Å². The molecule has 2 aliphatic rings. The minimum Gasteiger partial charge on any atom is -0.341 e. The first-order valence-electron chi connectivity index (χ1n) is 8.86. The van der Waals surface area contributed by atoms with Gasteiger partial charge in [0.25, 0.3) is 5.91 Å². The highest BCUT2D eigenvalue weighted by atomic mass is 16.2. The Bertz CT molecular complexity index is 656. The topological polar surface area (TPSA) is 82.6 Å². The normalized spacial score (nSPS) is 24.7. The van der Waals surface area contributed by atoms with E-state index in [9.17, 15) is 14.4 Å². The molecule has 0 aliphatic carbocycles. The van der Waals surface area contributed by atoms with Crippen LogP contribution in [0.15, 0.2) is 24.4 Å². The maximum Gasteiger partial charge on any atom is 0.325 e. The number of carbonyl (C=O) groups is 3. The first-order chi connectivity index (χ1) is 12.0. The summed E-state index contributed by atoms with van der Waals surface area (Å²) in [5.41, 5.74) is -0.760. The molecule has 25 heavy (non-hydrogen) atoms. The van der Waals surface area contributed by atoms with Crippen LogP contribution in [-0.2, 0) is 15.1 Å². The molecule has 134 valence electrons. The molecule has 3 heterocycles. The Balaban J connectivity index is 1.71. The second-order valence-corrected chi connectivity index (χ2v) is 6.81. The van der Waals surface area contributed by atoms with Crippen LogP contribution in [0.2, 0.25) is 0 Å². The third-order valence-electron chi connectivity index (χ3n) is 4.95. The number of urea groups is 1. The van der Waals surface area contributed by atoms with Gasteiger partial charge in [-0.1, -0.05) is 25.3 Å². The third-order valence-corrected chi connectivity index (χ3v) is 4.95. The number of aromatic nitrogens is 1. The molecule has 1 atom stereocenters. The van der Waals surface area contributed by atoms with Crippen LogP contribution in [0.1, 0.15) is 44.7 Å². The number of hydrogen-bond donors (Lipinski definition) is 1. The molecule has 2 saturated heterocycles. The highest BCUT2D eigenvalue weighted by Gasteiger charge is 2.50. The molecule has 1 N–H and O–H groups in total. The van der Waals surface area contributed by atoms with Crippen LogP contribution in [0.4, 0.5) is 4.79 Å². The van der Waals surface area contributed by atoms with Crippen molar-refractivity contribution >= 4 is 17.8 Å². The number of amides is 4. The summed E-state index contributed by atoms with van der Waals surface area (Å²) in [5.74, 6) is -0.604. The van der Waals surface area contributed by atoms with Crippen molar-refractivity contribution in [3.8, 4) is 0 Å². The number of pyridine rings is 1. The quantitative estimate of drug-likeness (QED) is 0.845. The largest absolute Gasteiger partial charge is 0.341 e. The maximum atomic E-state index is 12.8. The lowest BCUT2D eigenvalue weighted by atomic mass is 9.97. The third kappa shape index (κ3) is 3.50. The van der Waals surface area contributed by atoms with Gasteiger partial charge >= 0.3 is 6.03 Å². The van der Waals surface area contributed by atoms with E-state index in [4.69, 9.17) is 0 Å². The maximum absolute atomic E-state index is 12.8. The summed E-state index contributed by atoms with van der Waals surface area (Å²) in [4.78, 5) is 44.7. The van der Waals surface area contributed by atoms with Crippen molar-refractivity contribution in [2.75, 3.05) is 19.6 Å². The van der Waals surface area contributed by atoms with E-state index in [-0.39, 0.29) is 12.5 Å². The lowest BCUT2D eigenvalue weighted by Gasteiger charge is -2.26. The van der Waals surface area contributed by atoms with Crippen molar-refractivity contribution in [2.45, 2.75) is 44.6 Å². The molecular weight excluding hydrogens is 320 g/mol. The number of imide groups is 1. The van der Waals surface area contributed by atoms with Gasteiger partial charge in [-0.3, -0.25) is 19.5 Å². The highest BCUT2D eigenvalue weighted by Crippen LogP contribution is 2.27. The van der Waals surface area contributed by atoms with Crippen LogP contribution in [-0.4, -0.2) is 52.3 Å². The predicted molar refractivity (Wildman–Crippen MR) is 91.5 cm³/mol. The van der Waals surface area contributed by atoms with Gasteiger partial charge in [0, 0.05) is 19.3 Å². The zero-order valence-electron chi connectivity index (χ0n) is 14.5. The first kappa shape index (κ1) is 17.4. The summed E-state index contributed by atoms with van der Waals surface area (Å²) in [7, 11) is 0. The van der Waals surface area contributed by atoms with Gasteiger partial charge in [-0.15, -0.1) is 0 Å². The molecule has 0 bridgehead atoms. The van der Waals surface area contributed by atoms with Gasteiger partial charge in [0.1, 0.15) is 6.54 Å². The van der Waals surface area contributed by atoms with Gasteiger partial charge in [0.15, 0.2) is 5.54 Å². The van der Waals surface area contributed by atoms with E-state index in [1.54, 1.807) is 36.2 Å². The van der Waals surface area contributed by atoms with E-state index in [0.29, 0.717) is 18.8 Å². The van der Waals surface area contributed by atoms with Crippen molar-refractivity contribution in [1.82, 2.24) is 20.1 Å². The van der Waals surface area contributed by atoms with Gasteiger partial charge in [-0.2, -0.15) is 0 Å². The van der Waals surface area contributed by atoms with Crippen molar-refractivity contribution < 1.29 is 14.4 Å². The fourth-order valence-electron chi connectivity index (χ4n) is 3.40. The van der Waals surface area contributed by atoms with E-state index < -0.39 is 17.5 Å². The number of rotatable bonds is 3. The molecule has 0 radical (unpaired) electrons. The molecule has 3 rings (SSSR count). The monoisotopic (exact) mass is 344 g/mol. The number of nitrogens with zero attached hydrogens (tertiary/aromatic N) is 3. The number of likely N-dealkylation sites (tertiary alicyclic amines) is 1. The summed E-state index contributed by atoms with van der Waals surface area (Å²) in [6, 6.07) is 4.67. The summed E-state index contributed by atoms with van der Waals surface area (Å²) in [6.07, 6.45) is 6.95. The molecule has 4 amide bonds. The molecule has 2 fully saturated rings. The highest BCUT2D eigenvalue weighted by molar-refractivity contribution is 6.08. The minimum absolute atomic E-state index is 0.171. The van der Waals surface area contributed by atoms with Crippen molar-refractivity contribution in [2.24, 2.45) is 0 Å². The molecular formula is C18H24N4O3. The fourth-order valence-corrected chi connectivity index (χ4v) is 3.40. The van der Waals surface area contributed by atoms with Crippen LogP contribution >= 0.6 is 0 Å². The second kappa shape index (κ2) is 7.21. The van der Waals surface area contributed by atoms with E-state index >= 15 is 0 Å². The van der Waals surface area contributed by atoms with Gasteiger partial charge in [0.2, 0.25) is 5.91 Å². The molecule has 1 aromatic rings. The first-order valence-corrected chi connectivity index (χ1v) is 8.86. The number of nitrogens with one attached hydrogen (secondary N) is 1. The summed E-state index contributed by atoms with van der Waals surface area (Å²) in [5, 5.41) is 2.68. The van der Waals surface area contributed by atoms with Gasteiger partial charge in [-0.05, 0) is 31.9 Å². The standard InChI is InChI=1S/C18H24N4O3/c1-18(14-9-5-6-10-19-14)16(24)22(17(25)20-18)13-15(23)21-11-7-3-2-4-8-12-21/h5-6,9-10H,2-4,7-8,11-13H2,1H3,(H,20,25)/t18-/m0/s1. The van der Waals surface area contributed by atoms with Gasteiger partial charge in [-0.25, -0.2) is 4.79 Å². The Labute approximate surface area is 147 Å². The predicted octanol–water partition coefficient (Wildman–Crippen LogP) is 1.64. The van der Waals surface area contributed by atoms with Gasteiger partial charge in [0.05, 0.1) is 5.69 Å². The lowest BCUT2D eigenvalue weighted by molar-refractivity contribution is -0.139. The molecule has 0 aromatic carbocycles. The molecule has 7 nitrogen and oxygen atoms in total. The second-order valence-electron chi connectivity index (χ2n) is 6.81. The molecule has 1 aromatic heterocycles. The molecule has 0 spiro atoms. The summed E-state index contributed by atoms with van der Waals surface area (Å²) in [6.45, 7) is 2.79. The fraction of sp³-hybridized carbons (Fsp3) is 0.556. The average molecular weight is 344 g/mol. The minimum atomic E-state index is -1.23. The number of hydrogen-bond acceptors (Lipinski definition) is 4. The van der Waals surface area contributed by atoms with Crippen LogP contribution in [0.3, 0.4) is 0 Å². The molecule has 0 saturated carbocycles. The van der Waals surface area contributed by atoms with Crippen LogP contribution in [0, 0.1) is 0 Å². The Hall–Kier alpha value is -2.44. The van der Waals surface area contributed by atoms with Crippen LogP contribution in [0.25, 0.3) is 0 Å². The van der Waals surface area contributed by atoms with E-state index in [0.717, 1.165) is 30.6 Å². The zero-order valence-corrected chi connectivity index (χ0v) is 14.5. The summed E-state index contributed by atoms with van der Waals surface area (Å²) >= 11 is 0. The smallest absolute Gasteiger partial charge is 0.325 e. The Morgan fingerprint density at radius 1 is 1.16 bits per heavy atom. The van der Waals surface area contributed by atoms with Crippen molar-refractivity contribution in [3.63, 3.8) is 0 Å². The number of carbonyl (C=O) groups excluding carboxylic acids is 3. The van der Waals surface area contributed by atoms with Crippen LogP contribution < -0.4 is 5.32 Å². The van der Waals surface area contributed by atoms with Crippen molar-refractivity contribution in [3.05, 3.63) is 30.1 Å². The lowest BCUT2D eigenvalue weighted by Crippen LogP contribution is -2.45.